The summed E-state index contributed by atoms with van der Waals surface area (Å²) in [7, 11) is 0. The number of nitrogens with zero attached hydrogens (tertiary/aromatic N) is 2. The summed E-state index contributed by atoms with van der Waals surface area (Å²) in [6.45, 7) is 3.18. The van der Waals surface area contributed by atoms with Crippen molar-refractivity contribution >= 4 is 17.0 Å². The van der Waals surface area contributed by atoms with Crippen LogP contribution in [-0.2, 0) is 6.61 Å². The third kappa shape index (κ3) is 4.30. The van der Waals surface area contributed by atoms with Gasteiger partial charge in [-0.3, -0.25) is 4.79 Å². The van der Waals surface area contributed by atoms with Crippen molar-refractivity contribution in [1.29, 1.82) is 0 Å². The monoisotopic (exact) mass is 439 g/mol. The number of ketones is 1. The highest BCUT2D eigenvalue weighted by Crippen LogP contribution is 2.25. The average molecular weight is 439 g/mol. The lowest BCUT2D eigenvalue weighted by Crippen LogP contribution is -2.15. The van der Waals surface area contributed by atoms with Gasteiger partial charge in [-0.15, -0.1) is 0 Å². The van der Waals surface area contributed by atoms with Crippen molar-refractivity contribution in [2.24, 2.45) is 0 Å². The molecule has 5 nitrogen and oxygen atoms in total. The first-order chi connectivity index (χ1) is 15.3. The molecule has 0 aliphatic heterocycles. The molecule has 2 aromatic heterocycles. The molecule has 0 amide bonds. The average Bonchev–Trinajstić information content (AvgIpc) is 3.08. The molecule has 2 heterocycles. The first-order valence-electron chi connectivity index (χ1n) is 9.92. The molecule has 4 aromatic rings. The Morgan fingerprint density at radius 2 is 1.72 bits per heavy atom. The quantitative estimate of drug-likeness (QED) is 0.400. The van der Waals surface area contributed by atoms with Crippen LogP contribution < -0.4 is 10.1 Å². The molecule has 0 bridgehead atoms. The maximum absolute atomic E-state index is 14.0. The minimum atomic E-state index is -0.701. The number of carbonyl (C=O) groups is 1. The highest BCUT2D eigenvalue weighted by molar-refractivity contribution is 6.05. The van der Waals surface area contributed by atoms with Crippen molar-refractivity contribution in [3.63, 3.8) is 0 Å². The van der Waals surface area contributed by atoms with Gasteiger partial charge in [-0.25, -0.2) is 17.7 Å². The Balaban J connectivity index is 1.61. The van der Waals surface area contributed by atoms with Crippen molar-refractivity contribution in [2.75, 3.05) is 11.9 Å². The predicted molar refractivity (Wildman–Crippen MR) is 115 cm³/mol. The second kappa shape index (κ2) is 8.74. The summed E-state index contributed by atoms with van der Waals surface area (Å²) in [6.07, 6.45) is 0. The number of benzene rings is 2. The largest absolute Gasteiger partial charge is 0.473 e. The third-order valence-corrected chi connectivity index (χ3v) is 5.02. The van der Waals surface area contributed by atoms with Gasteiger partial charge in [-0.1, -0.05) is 6.07 Å². The van der Waals surface area contributed by atoms with E-state index < -0.39 is 11.6 Å². The lowest BCUT2D eigenvalue weighted by Gasteiger charge is -2.11. The Labute approximate surface area is 182 Å². The lowest BCUT2D eigenvalue weighted by atomic mass is 10.1. The van der Waals surface area contributed by atoms with Gasteiger partial charge < -0.3 is 10.1 Å². The Morgan fingerprint density at radius 1 is 1.03 bits per heavy atom. The van der Waals surface area contributed by atoms with E-state index in [4.69, 9.17) is 4.74 Å². The van der Waals surface area contributed by atoms with Crippen molar-refractivity contribution in [1.82, 2.24) is 9.61 Å². The molecule has 0 saturated carbocycles. The molecular formula is C24H20F3N3O2. The summed E-state index contributed by atoms with van der Waals surface area (Å²) >= 11 is 0. The first kappa shape index (κ1) is 21.4. The maximum atomic E-state index is 14.0. The number of hydrogen-bond donors (Lipinski definition) is 1. The summed E-state index contributed by atoms with van der Waals surface area (Å²) in [6, 6.07) is 12.8. The molecular weight excluding hydrogens is 419 g/mol. The van der Waals surface area contributed by atoms with Crippen molar-refractivity contribution < 1.29 is 22.7 Å². The van der Waals surface area contributed by atoms with Crippen molar-refractivity contribution in [2.45, 2.75) is 20.5 Å². The predicted octanol–water partition coefficient (Wildman–Crippen LogP) is 5.24. The van der Waals surface area contributed by atoms with Crippen molar-refractivity contribution in [3.05, 3.63) is 94.4 Å². The summed E-state index contributed by atoms with van der Waals surface area (Å²) in [5, 5.41) is 7.38. The molecule has 0 aliphatic rings. The van der Waals surface area contributed by atoms with Crippen LogP contribution in [0.2, 0.25) is 0 Å². The van der Waals surface area contributed by atoms with Gasteiger partial charge in [0, 0.05) is 11.8 Å². The highest BCUT2D eigenvalue weighted by atomic mass is 19.1. The summed E-state index contributed by atoms with van der Waals surface area (Å²) < 4.78 is 48.1. The van der Waals surface area contributed by atoms with Crippen LogP contribution >= 0.6 is 0 Å². The number of halogens is 3. The Bertz CT molecular complexity index is 1280. The number of aryl methyl sites for hydroxylation is 2. The van der Waals surface area contributed by atoms with Gasteiger partial charge in [0.25, 0.3) is 0 Å². The van der Waals surface area contributed by atoms with Gasteiger partial charge in [0.1, 0.15) is 24.1 Å². The maximum Gasteiger partial charge on any atom is 0.215 e. The van der Waals surface area contributed by atoms with Gasteiger partial charge in [0.2, 0.25) is 5.88 Å². The number of fused-ring (bicyclic) bond motifs is 1. The topological polar surface area (TPSA) is 55.6 Å². The van der Waals surface area contributed by atoms with E-state index in [0.717, 1.165) is 17.7 Å². The van der Waals surface area contributed by atoms with E-state index in [1.165, 1.54) is 22.7 Å². The smallest absolute Gasteiger partial charge is 0.215 e. The van der Waals surface area contributed by atoms with E-state index in [9.17, 15) is 18.0 Å². The van der Waals surface area contributed by atoms with Gasteiger partial charge in [0.05, 0.1) is 28.9 Å². The number of Topliss-reactive ketones (excluding diaryl/α,β-unsaturated/α-hetero) is 1. The SMILES string of the molecule is Cc1cc(OCc2c(F)cccc2F)n2nc(C)c(C(=O)CNc3ccc(F)cc3)c2c1. The number of carbonyl (C=O) groups excluding carboxylic acids is 1. The van der Waals surface area contributed by atoms with E-state index in [2.05, 4.69) is 10.4 Å². The number of anilines is 1. The molecule has 0 spiro atoms. The minimum absolute atomic E-state index is 0.0155. The van der Waals surface area contributed by atoms with E-state index >= 15 is 0 Å². The standard InChI is InChI=1S/C24H20F3N3O2/c1-14-10-21-24(22(31)12-28-17-8-6-16(25)7-9-17)15(2)29-30(21)23(11-14)32-13-18-19(26)4-3-5-20(18)27/h3-11,28H,12-13H2,1-2H3. The molecule has 0 aliphatic carbocycles. The number of aromatic nitrogens is 2. The van der Waals surface area contributed by atoms with E-state index in [0.29, 0.717) is 22.5 Å². The summed E-state index contributed by atoms with van der Waals surface area (Å²) in [5.74, 6) is -1.71. The molecule has 0 fully saturated rings. The molecule has 0 saturated heterocycles. The van der Waals surface area contributed by atoms with E-state index in [1.807, 2.05) is 6.92 Å². The fraction of sp³-hybridized carbons (Fsp3) is 0.167. The van der Waals surface area contributed by atoms with E-state index in [-0.39, 0.29) is 36.2 Å². The van der Waals surface area contributed by atoms with E-state index in [1.54, 1.807) is 31.2 Å². The second-order valence-corrected chi connectivity index (χ2v) is 7.40. The molecule has 0 unspecified atom stereocenters. The third-order valence-electron chi connectivity index (χ3n) is 5.02. The lowest BCUT2D eigenvalue weighted by molar-refractivity contribution is 0.101. The van der Waals surface area contributed by atoms with Crippen LogP contribution in [-0.4, -0.2) is 21.9 Å². The normalized spacial score (nSPS) is 11.0. The number of ether oxygens (including phenoxy) is 1. The highest BCUT2D eigenvalue weighted by Gasteiger charge is 2.20. The number of hydrogen-bond acceptors (Lipinski definition) is 4. The number of nitrogens with one attached hydrogen (secondary N) is 1. The van der Waals surface area contributed by atoms with Gasteiger partial charge >= 0.3 is 0 Å². The molecule has 1 N–H and O–H groups in total. The summed E-state index contributed by atoms with van der Waals surface area (Å²) in [5.41, 5.74) is 2.64. The van der Waals surface area contributed by atoms with Crippen molar-refractivity contribution in [3.8, 4) is 5.88 Å². The van der Waals surface area contributed by atoms with Crippen LogP contribution in [0, 0.1) is 31.3 Å². The molecule has 164 valence electrons. The second-order valence-electron chi connectivity index (χ2n) is 7.40. The molecule has 0 atom stereocenters. The number of rotatable bonds is 7. The zero-order valence-electron chi connectivity index (χ0n) is 17.5. The summed E-state index contributed by atoms with van der Waals surface area (Å²) in [4.78, 5) is 12.9. The molecule has 2 aromatic carbocycles. The first-order valence-corrected chi connectivity index (χ1v) is 9.92. The zero-order chi connectivity index (χ0) is 22.8. The van der Waals surface area contributed by atoms with Crippen LogP contribution in [0.3, 0.4) is 0 Å². The van der Waals surface area contributed by atoms with Gasteiger partial charge in [-0.05, 0) is 61.9 Å². The van der Waals surface area contributed by atoms with Crippen LogP contribution in [0.15, 0.2) is 54.6 Å². The fourth-order valence-corrected chi connectivity index (χ4v) is 3.46. The van der Waals surface area contributed by atoms with Crippen LogP contribution in [0.4, 0.5) is 18.9 Å². The van der Waals surface area contributed by atoms with Gasteiger partial charge in [-0.2, -0.15) is 5.10 Å². The van der Waals surface area contributed by atoms with Crippen LogP contribution in [0.5, 0.6) is 5.88 Å². The Morgan fingerprint density at radius 3 is 2.41 bits per heavy atom. The van der Waals surface area contributed by atoms with Crippen LogP contribution in [0.1, 0.15) is 27.2 Å². The Hall–Kier alpha value is -3.81. The Kier molecular flexibility index (Phi) is 5.85. The zero-order valence-corrected chi connectivity index (χ0v) is 17.5. The minimum Gasteiger partial charge on any atom is -0.473 e. The molecule has 0 radical (unpaired) electrons. The number of pyridine rings is 1. The van der Waals surface area contributed by atoms with Gasteiger partial charge in [0.15, 0.2) is 5.78 Å². The molecule has 4 rings (SSSR count). The molecule has 8 heteroatoms. The fourth-order valence-electron chi connectivity index (χ4n) is 3.46. The molecule has 32 heavy (non-hydrogen) atoms. The van der Waals surface area contributed by atoms with Crippen LogP contribution in [0.25, 0.3) is 5.52 Å².